The number of rotatable bonds is 1. The van der Waals surface area contributed by atoms with Crippen LogP contribution < -0.4 is 0 Å². The van der Waals surface area contributed by atoms with Crippen LogP contribution >= 0.6 is 35.0 Å². The van der Waals surface area contributed by atoms with Crippen LogP contribution in [0.1, 0.15) is 10.4 Å². The Morgan fingerprint density at radius 2 is 2.24 bits per heavy atom. The number of halogens is 2. The van der Waals surface area contributed by atoms with E-state index in [-0.39, 0.29) is 5.91 Å². The zero-order chi connectivity index (χ0) is 12.4. The third kappa shape index (κ3) is 2.59. The molecule has 2 rings (SSSR count). The van der Waals surface area contributed by atoms with Gasteiger partial charge in [0.05, 0.1) is 17.1 Å². The molecule has 3 nitrogen and oxygen atoms in total. The summed E-state index contributed by atoms with van der Waals surface area (Å²) in [6.45, 7) is 1.23. The molecule has 1 amide bonds. The highest BCUT2D eigenvalue weighted by Crippen LogP contribution is 2.24. The number of nitrogens with zero attached hydrogens (tertiary/aromatic N) is 2. The number of amides is 1. The minimum absolute atomic E-state index is 0.150. The van der Waals surface area contributed by atoms with Crippen LogP contribution in [0.2, 0.25) is 10.0 Å². The first-order valence-corrected chi connectivity index (χ1v) is 6.97. The van der Waals surface area contributed by atoms with Gasteiger partial charge < -0.3 is 0 Å². The van der Waals surface area contributed by atoms with E-state index in [2.05, 4.69) is 4.99 Å². The molecule has 0 fully saturated rings. The second kappa shape index (κ2) is 5.29. The molecule has 1 aromatic rings. The first-order valence-electron chi connectivity index (χ1n) is 4.99. The molecule has 1 heterocycles. The lowest BCUT2D eigenvalue weighted by Crippen LogP contribution is -2.32. The highest BCUT2D eigenvalue weighted by atomic mass is 35.5. The van der Waals surface area contributed by atoms with Crippen LogP contribution in [0.25, 0.3) is 0 Å². The van der Waals surface area contributed by atoms with E-state index in [0.29, 0.717) is 28.7 Å². The number of carbonyl (C=O) groups excluding carboxylic acids is 1. The van der Waals surface area contributed by atoms with Gasteiger partial charge in [-0.15, -0.1) is 0 Å². The first-order chi connectivity index (χ1) is 8.13. The molecule has 0 bridgehead atoms. The molecule has 0 aromatic heterocycles. The van der Waals surface area contributed by atoms with Crippen LogP contribution in [0.3, 0.4) is 0 Å². The Hall–Kier alpha value is -0.710. The van der Waals surface area contributed by atoms with Crippen molar-refractivity contribution >= 4 is 46.0 Å². The third-order valence-corrected chi connectivity index (χ3v) is 3.67. The van der Waals surface area contributed by atoms with Gasteiger partial charge in [0.1, 0.15) is 0 Å². The highest BCUT2D eigenvalue weighted by Gasteiger charge is 2.25. The van der Waals surface area contributed by atoms with Gasteiger partial charge in [0.25, 0.3) is 5.91 Å². The molecule has 0 saturated carbocycles. The molecule has 0 unspecified atom stereocenters. The van der Waals surface area contributed by atoms with E-state index in [1.807, 2.05) is 6.26 Å². The van der Waals surface area contributed by atoms with Crippen LogP contribution in [0.15, 0.2) is 23.2 Å². The zero-order valence-corrected chi connectivity index (χ0v) is 11.4. The molecule has 0 atom stereocenters. The van der Waals surface area contributed by atoms with E-state index >= 15 is 0 Å². The molecule has 0 spiro atoms. The van der Waals surface area contributed by atoms with Crippen molar-refractivity contribution in [2.75, 3.05) is 19.3 Å². The van der Waals surface area contributed by atoms with Crippen molar-refractivity contribution in [2.24, 2.45) is 4.99 Å². The Balaban J connectivity index is 2.31. The summed E-state index contributed by atoms with van der Waals surface area (Å²) in [5.41, 5.74) is 0.419. The normalized spacial score (nSPS) is 15.0. The van der Waals surface area contributed by atoms with Gasteiger partial charge in [-0.2, -0.15) is 0 Å². The van der Waals surface area contributed by atoms with Crippen molar-refractivity contribution < 1.29 is 4.79 Å². The predicted molar refractivity (Wildman–Crippen MR) is 73.3 cm³/mol. The molecule has 1 aromatic carbocycles. The fourth-order valence-corrected chi connectivity index (χ4v) is 2.58. The standard InChI is InChI=1S/C11H10Cl2N2OS/c1-17-11-14-4-5-15(11)10(16)8-6-7(12)2-3-9(8)13/h2-3,6H,4-5H2,1H3. The molecular formula is C11H10Cl2N2OS. The van der Waals surface area contributed by atoms with Crippen molar-refractivity contribution in [1.82, 2.24) is 4.90 Å². The molecule has 0 aliphatic carbocycles. The molecule has 17 heavy (non-hydrogen) atoms. The minimum atomic E-state index is -0.150. The Kier molecular flexibility index (Phi) is 3.97. The van der Waals surface area contributed by atoms with Gasteiger partial charge >= 0.3 is 0 Å². The summed E-state index contributed by atoms with van der Waals surface area (Å²) in [6.07, 6.45) is 1.89. The predicted octanol–water partition coefficient (Wildman–Crippen LogP) is 3.17. The molecule has 0 radical (unpaired) electrons. The summed E-state index contributed by atoms with van der Waals surface area (Å²) in [6, 6.07) is 4.87. The fraction of sp³-hybridized carbons (Fsp3) is 0.273. The Labute approximate surface area is 114 Å². The lowest BCUT2D eigenvalue weighted by Gasteiger charge is -2.17. The molecule has 1 aliphatic rings. The molecule has 0 saturated heterocycles. The minimum Gasteiger partial charge on any atom is -0.286 e. The average molecular weight is 289 g/mol. The Morgan fingerprint density at radius 1 is 1.47 bits per heavy atom. The Bertz CT molecular complexity index is 490. The Morgan fingerprint density at radius 3 is 2.94 bits per heavy atom. The molecule has 6 heteroatoms. The number of aliphatic imine (C=N–C) groups is 1. The lowest BCUT2D eigenvalue weighted by atomic mass is 10.2. The van der Waals surface area contributed by atoms with E-state index in [1.165, 1.54) is 11.8 Å². The maximum atomic E-state index is 12.3. The molecular weight excluding hydrogens is 279 g/mol. The molecule has 1 aliphatic heterocycles. The van der Waals surface area contributed by atoms with Crippen molar-refractivity contribution in [3.63, 3.8) is 0 Å². The quantitative estimate of drug-likeness (QED) is 0.795. The van der Waals surface area contributed by atoms with Crippen LogP contribution in [0.5, 0.6) is 0 Å². The zero-order valence-electron chi connectivity index (χ0n) is 9.11. The lowest BCUT2D eigenvalue weighted by molar-refractivity contribution is 0.0861. The highest BCUT2D eigenvalue weighted by molar-refractivity contribution is 8.13. The van der Waals surface area contributed by atoms with Gasteiger partial charge in [0, 0.05) is 11.6 Å². The van der Waals surface area contributed by atoms with E-state index in [9.17, 15) is 4.79 Å². The topological polar surface area (TPSA) is 32.7 Å². The van der Waals surface area contributed by atoms with Gasteiger partial charge in [-0.1, -0.05) is 35.0 Å². The van der Waals surface area contributed by atoms with Crippen molar-refractivity contribution in [2.45, 2.75) is 0 Å². The summed E-state index contributed by atoms with van der Waals surface area (Å²) >= 11 is 13.3. The second-order valence-corrected chi connectivity index (χ2v) is 5.07. The van der Waals surface area contributed by atoms with Gasteiger partial charge in [-0.3, -0.25) is 14.7 Å². The van der Waals surface area contributed by atoms with Gasteiger partial charge in [0.2, 0.25) is 0 Å². The SMILES string of the molecule is CSC1=NCCN1C(=O)c1cc(Cl)ccc1Cl. The molecule has 0 N–H and O–H groups in total. The second-order valence-electron chi connectivity index (χ2n) is 3.45. The number of hydrogen-bond acceptors (Lipinski definition) is 3. The summed E-state index contributed by atoms with van der Waals surface area (Å²) in [4.78, 5) is 18.1. The van der Waals surface area contributed by atoms with Gasteiger partial charge in [0.15, 0.2) is 5.17 Å². The van der Waals surface area contributed by atoms with Crippen molar-refractivity contribution in [3.8, 4) is 0 Å². The van der Waals surface area contributed by atoms with E-state index in [4.69, 9.17) is 23.2 Å². The average Bonchev–Trinajstić information content (AvgIpc) is 2.79. The van der Waals surface area contributed by atoms with E-state index in [0.717, 1.165) is 5.17 Å². The van der Waals surface area contributed by atoms with Crippen LogP contribution in [0.4, 0.5) is 0 Å². The van der Waals surface area contributed by atoms with Crippen molar-refractivity contribution in [3.05, 3.63) is 33.8 Å². The number of carbonyl (C=O) groups is 1. The summed E-state index contributed by atoms with van der Waals surface area (Å²) in [7, 11) is 0. The third-order valence-electron chi connectivity index (χ3n) is 2.39. The number of benzene rings is 1. The number of amidine groups is 1. The smallest absolute Gasteiger partial charge is 0.261 e. The fourth-order valence-electron chi connectivity index (χ4n) is 1.60. The van der Waals surface area contributed by atoms with Crippen LogP contribution in [-0.2, 0) is 0 Å². The van der Waals surface area contributed by atoms with E-state index in [1.54, 1.807) is 23.1 Å². The van der Waals surface area contributed by atoms with Gasteiger partial charge in [-0.05, 0) is 24.5 Å². The van der Waals surface area contributed by atoms with Crippen LogP contribution in [-0.4, -0.2) is 35.3 Å². The summed E-state index contributed by atoms with van der Waals surface area (Å²) < 4.78 is 0. The maximum Gasteiger partial charge on any atom is 0.261 e. The van der Waals surface area contributed by atoms with Gasteiger partial charge in [-0.25, -0.2) is 0 Å². The van der Waals surface area contributed by atoms with Crippen molar-refractivity contribution in [1.29, 1.82) is 0 Å². The monoisotopic (exact) mass is 288 g/mol. The van der Waals surface area contributed by atoms with E-state index < -0.39 is 0 Å². The number of thioether (sulfide) groups is 1. The molecule has 90 valence electrons. The maximum absolute atomic E-state index is 12.3. The first kappa shape index (κ1) is 12.7. The summed E-state index contributed by atoms with van der Waals surface area (Å²) in [5.74, 6) is -0.150. The number of hydrogen-bond donors (Lipinski definition) is 0. The largest absolute Gasteiger partial charge is 0.286 e. The summed E-state index contributed by atoms with van der Waals surface area (Å²) in [5, 5.41) is 1.64. The van der Waals surface area contributed by atoms with Crippen LogP contribution in [0, 0.1) is 0 Å².